The van der Waals surface area contributed by atoms with Crippen LogP contribution in [-0.4, -0.2) is 0 Å². The van der Waals surface area contributed by atoms with E-state index in [2.05, 4.69) is 6.07 Å². The molecule has 1 saturated carbocycles. The van der Waals surface area contributed by atoms with Crippen LogP contribution < -0.4 is 0 Å². The topological polar surface area (TPSA) is 23.8 Å². The molecule has 0 amide bonds. The van der Waals surface area contributed by atoms with Gasteiger partial charge in [-0.3, -0.25) is 0 Å². The zero-order chi connectivity index (χ0) is 23.2. The number of halogens is 2. The van der Waals surface area contributed by atoms with Gasteiger partial charge >= 0.3 is 0 Å². The lowest BCUT2D eigenvalue weighted by atomic mass is 9.76. The van der Waals surface area contributed by atoms with Gasteiger partial charge in [-0.25, -0.2) is 8.78 Å². The minimum Gasteiger partial charge on any atom is -0.207 e. The second-order valence-electron chi connectivity index (χ2n) is 9.54. The van der Waals surface area contributed by atoms with Crippen molar-refractivity contribution in [3.05, 3.63) is 106 Å². The van der Waals surface area contributed by atoms with Crippen LogP contribution in [0.2, 0.25) is 0 Å². The molecule has 33 heavy (non-hydrogen) atoms. The fourth-order valence-corrected chi connectivity index (χ4v) is 5.16. The molecule has 0 heterocycles. The van der Waals surface area contributed by atoms with Gasteiger partial charge in [-0.2, -0.15) is 5.26 Å². The smallest absolute Gasteiger partial charge is 0.129 e. The van der Waals surface area contributed by atoms with Crippen molar-refractivity contribution in [2.75, 3.05) is 0 Å². The summed E-state index contributed by atoms with van der Waals surface area (Å²) in [5, 5.41) is 8.92. The number of hydrogen-bond acceptors (Lipinski definition) is 1. The van der Waals surface area contributed by atoms with Crippen molar-refractivity contribution in [2.24, 2.45) is 5.92 Å². The summed E-state index contributed by atoms with van der Waals surface area (Å²) in [5.74, 6) is 0.136. The first kappa shape index (κ1) is 23.2. The van der Waals surface area contributed by atoms with Crippen LogP contribution in [0, 0.1) is 28.9 Å². The molecular weight excluding hydrogens is 412 g/mol. The highest BCUT2D eigenvalue weighted by molar-refractivity contribution is 5.32. The first-order valence-electron chi connectivity index (χ1n) is 12.0. The number of rotatable bonds is 7. The molecule has 0 spiro atoms. The maximum atomic E-state index is 14.9. The summed E-state index contributed by atoms with van der Waals surface area (Å²) >= 11 is 0. The summed E-state index contributed by atoms with van der Waals surface area (Å²) in [5.41, 5.74) is 4.07. The van der Waals surface area contributed by atoms with E-state index in [1.165, 1.54) is 5.56 Å². The van der Waals surface area contributed by atoms with Crippen molar-refractivity contribution in [3.8, 4) is 6.07 Å². The Morgan fingerprint density at radius 3 is 2.15 bits per heavy atom. The molecule has 1 aliphatic rings. The van der Waals surface area contributed by atoms with Crippen molar-refractivity contribution in [1.29, 1.82) is 5.26 Å². The molecule has 3 heteroatoms. The van der Waals surface area contributed by atoms with E-state index in [0.29, 0.717) is 17.9 Å². The lowest BCUT2D eigenvalue weighted by molar-refractivity contribution is 0.309. The van der Waals surface area contributed by atoms with Gasteiger partial charge in [-0.15, -0.1) is 0 Å². The van der Waals surface area contributed by atoms with Crippen LogP contribution in [0.5, 0.6) is 0 Å². The van der Waals surface area contributed by atoms with Crippen LogP contribution in [0.1, 0.15) is 78.7 Å². The van der Waals surface area contributed by atoms with Gasteiger partial charge in [-0.05, 0) is 104 Å². The van der Waals surface area contributed by atoms with Crippen LogP contribution in [-0.2, 0) is 12.8 Å². The van der Waals surface area contributed by atoms with Crippen molar-refractivity contribution >= 4 is 0 Å². The molecule has 0 unspecified atom stereocenters. The van der Waals surface area contributed by atoms with Gasteiger partial charge in [0.15, 0.2) is 0 Å². The fourth-order valence-electron chi connectivity index (χ4n) is 5.16. The van der Waals surface area contributed by atoms with Crippen molar-refractivity contribution in [3.63, 3.8) is 0 Å². The molecule has 0 N–H and O–H groups in total. The average molecular weight is 444 g/mol. The van der Waals surface area contributed by atoms with E-state index in [9.17, 15) is 8.78 Å². The Labute approximate surface area is 196 Å². The van der Waals surface area contributed by atoms with Crippen LogP contribution in [0.3, 0.4) is 0 Å². The summed E-state index contributed by atoms with van der Waals surface area (Å²) < 4.78 is 29.8. The number of nitriles is 1. The molecular formula is C30H31F2N. The molecule has 1 atom stereocenters. The standard InChI is InChI=1S/C30H31F2N/c1-21(25-5-3-2-4-6-25)17-28-29(31)18-27(19-30(28)32)26-15-13-23(14-16-26)8-7-22-9-11-24(20-33)12-10-22/h2-6,9-12,18-19,21,23,26H,7-8,13-17H2,1H3/t21-,23?,26?/m0/s1. The fraction of sp³-hybridized carbons (Fsp3) is 0.367. The second-order valence-corrected chi connectivity index (χ2v) is 9.54. The van der Waals surface area contributed by atoms with E-state index < -0.39 is 11.6 Å². The Bertz CT molecular complexity index is 1070. The molecule has 1 nitrogen and oxygen atoms in total. The molecule has 0 saturated heterocycles. The van der Waals surface area contributed by atoms with Crippen LogP contribution in [0.15, 0.2) is 66.7 Å². The summed E-state index contributed by atoms with van der Waals surface area (Å²) in [6, 6.07) is 23.0. The Hall–Kier alpha value is -2.99. The van der Waals surface area contributed by atoms with Crippen LogP contribution in [0.25, 0.3) is 0 Å². The molecule has 0 radical (unpaired) electrons. The lowest BCUT2D eigenvalue weighted by Gasteiger charge is -2.29. The largest absolute Gasteiger partial charge is 0.207 e. The molecule has 4 rings (SSSR count). The monoisotopic (exact) mass is 443 g/mol. The first-order valence-corrected chi connectivity index (χ1v) is 12.0. The molecule has 170 valence electrons. The van der Waals surface area contributed by atoms with Gasteiger partial charge < -0.3 is 0 Å². The summed E-state index contributed by atoms with van der Waals surface area (Å²) in [6.07, 6.45) is 6.65. The number of benzene rings is 3. The van der Waals surface area contributed by atoms with Gasteiger partial charge in [0.2, 0.25) is 0 Å². The van der Waals surface area contributed by atoms with E-state index in [4.69, 9.17) is 5.26 Å². The third-order valence-corrected chi connectivity index (χ3v) is 7.28. The molecule has 1 fully saturated rings. The second kappa shape index (κ2) is 10.8. The highest BCUT2D eigenvalue weighted by atomic mass is 19.1. The van der Waals surface area contributed by atoms with E-state index >= 15 is 0 Å². The number of aryl methyl sites for hydroxylation is 1. The Kier molecular flexibility index (Phi) is 7.55. The molecule has 3 aromatic rings. The highest BCUT2D eigenvalue weighted by Crippen LogP contribution is 2.38. The Morgan fingerprint density at radius 1 is 0.909 bits per heavy atom. The third kappa shape index (κ3) is 5.88. The Balaban J connectivity index is 1.33. The quantitative estimate of drug-likeness (QED) is 0.362. The van der Waals surface area contributed by atoms with Crippen LogP contribution in [0.4, 0.5) is 8.78 Å². The van der Waals surface area contributed by atoms with Crippen LogP contribution >= 0.6 is 0 Å². The third-order valence-electron chi connectivity index (χ3n) is 7.28. The first-order chi connectivity index (χ1) is 16.0. The number of nitrogens with zero attached hydrogens (tertiary/aromatic N) is 1. The van der Waals surface area contributed by atoms with E-state index in [-0.39, 0.29) is 17.4 Å². The van der Waals surface area contributed by atoms with Gasteiger partial charge in [0.25, 0.3) is 0 Å². The van der Waals surface area contributed by atoms with Gasteiger partial charge in [0.1, 0.15) is 11.6 Å². The minimum absolute atomic E-state index is 0.0626. The lowest BCUT2D eigenvalue weighted by Crippen LogP contribution is -2.15. The maximum absolute atomic E-state index is 14.9. The molecule has 3 aromatic carbocycles. The number of hydrogen-bond donors (Lipinski definition) is 0. The average Bonchev–Trinajstić information content (AvgIpc) is 2.86. The van der Waals surface area contributed by atoms with E-state index in [1.54, 1.807) is 12.1 Å². The predicted octanol–water partition coefficient (Wildman–Crippen LogP) is 8.09. The normalized spacial score (nSPS) is 19.1. The van der Waals surface area contributed by atoms with Gasteiger partial charge in [-0.1, -0.05) is 49.4 Å². The summed E-state index contributed by atoms with van der Waals surface area (Å²) in [6.45, 7) is 2.02. The van der Waals surface area contributed by atoms with Crippen molar-refractivity contribution < 1.29 is 8.78 Å². The van der Waals surface area contributed by atoms with Crippen molar-refractivity contribution in [1.82, 2.24) is 0 Å². The molecule has 1 aliphatic carbocycles. The summed E-state index contributed by atoms with van der Waals surface area (Å²) in [7, 11) is 0. The van der Waals surface area contributed by atoms with Gasteiger partial charge in [0.05, 0.1) is 11.6 Å². The SMILES string of the molecule is C[C@@H](Cc1c(F)cc(C2CCC(CCc3ccc(C#N)cc3)CC2)cc1F)c1ccccc1. The summed E-state index contributed by atoms with van der Waals surface area (Å²) in [4.78, 5) is 0. The van der Waals surface area contributed by atoms with E-state index in [0.717, 1.165) is 49.7 Å². The minimum atomic E-state index is -0.407. The zero-order valence-corrected chi connectivity index (χ0v) is 19.2. The predicted molar refractivity (Wildman–Crippen MR) is 129 cm³/mol. The zero-order valence-electron chi connectivity index (χ0n) is 19.2. The van der Waals surface area contributed by atoms with E-state index in [1.807, 2.05) is 61.5 Å². The Morgan fingerprint density at radius 2 is 1.55 bits per heavy atom. The van der Waals surface area contributed by atoms with Crippen molar-refractivity contribution in [2.45, 2.75) is 63.7 Å². The maximum Gasteiger partial charge on any atom is 0.129 e. The molecule has 0 aromatic heterocycles. The highest BCUT2D eigenvalue weighted by Gasteiger charge is 2.24. The van der Waals surface area contributed by atoms with Gasteiger partial charge in [0, 0.05) is 5.56 Å². The molecule has 0 aliphatic heterocycles. The molecule has 0 bridgehead atoms.